The highest BCUT2D eigenvalue weighted by atomic mass is 32.2. The number of hydrazine groups is 1. The Morgan fingerprint density at radius 2 is 1.73 bits per heavy atom. The molecule has 0 bridgehead atoms. The van der Waals surface area contributed by atoms with Crippen LogP contribution in [0.15, 0.2) is 58.8 Å². The van der Waals surface area contributed by atoms with Gasteiger partial charge in [-0.2, -0.15) is 4.31 Å². The Labute approximate surface area is 196 Å². The largest absolute Gasteiger partial charge is 0.496 e. The molecular formula is C22H24N4O5S2. The van der Waals surface area contributed by atoms with Gasteiger partial charge < -0.3 is 4.74 Å². The number of rotatable bonds is 8. The van der Waals surface area contributed by atoms with Gasteiger partial charge in [0.25, 0.3) is 11.8 Å². The van der Waals surface area contributed by atoms with Crippen LogP contribution in [0.25, 0.3) is 10.6 Å². The Bertz CT molecular complexity index is 1250. The number of thiazole rings is 1. The second-order valence-electron chi connectivity index (χ2n) is 6.76. The molecule has 2 N–H and O–H groups in total. The number of ether oxygens (including phenoxy) is 1. The van der Waals surface area contributed by atoms with Crippen LogP contribution in [-0.2, 0) is 10.0 Å². The van der Waals surface area contributed by atoms with Crippen molar-refractivity contribution >= 4 is 33.2 Å². The van der Waals surface area contributed by atoms with Gasteiger partial charge in [-0.1, -0.05) is 32.0 Å². The highest BCUT2D eigenvalue weighted by Gasteiger charge is 2.23. The maximum Gasteiger partial charge on any atom is 0.289 e. The lowest BCUT2D eigenvalue weighted by Crippen LogP contribution is -2.41. The first kappa shape index (κ1) is 24.4. The number of carbonyl (C=O) groups excluding carboxylic acids is 2. The normalized spacial score (nSPS) is 11.3. The number of sulfonamides is 1. The molecule has 0 saturated heterocycles. The molecule has 0 spiro atoms. The second-order valence-corrected chi connectivity index (χ2v) is 9.56. The SMILES string of the molecule is CCN(CC)S(=O)(=O)c1cccc(C(=O)NNC(=O)c2csc(-c3ccccc3OC)n2)c1. The number of hydrogen-bond donors (Lipinski definition) is 2. The van der Waals surface area contributed by atoms with Crippen molar-refractivity contribution in [3.05, 3.63) is 65.2 Å². The number of nitrogens with zero attached hydrogens (tertiary/aromatic N) is 2. The zero-order chi connectivity index (χ0) is 24.0. The van der Waals surface area contributed by atoms with Gasteiger partial charge in [-0.05, 0) is 30.3 Å². The van der Waals surface area contributed by atoms with E-state index in [1.807, 2.05) is 18.2 Å². The molecular weight excluding hydrogens is 464 g/mol. The smallest absolute Gasteiger partial charge is 0.289 e. The van der Waals surface area contributed by atoms with Crippen LogP contribution in [0.3, 0.4) is 0 Å². The predicted molar refractivity (Wildman–Crippen MR) is 126 cm³/mol. The van der Waals surface area contributed by atoms with E-state index in [1.165, 1.54) is 39.9 Å². The number of para-hydroxylation sites is 1. The van der Waals surface area contributed by atoms with Gasteiger partial charge in [-0.25, -0.2) is 13.4 Å². The molecule has 0 unspecified atom stereocenters. The molecule has 3 aromatic rings. The number of methoxy groups -OCH3 is 1. The van der Waals surface area contributed by atoms with Crippen LogP contribution in [0, 0.1) is 0 Å². The first-order chi connectivity index (χ1) is 15.8. The molecule has 11 heteroatoms. The zero-order valence-electron chi connectivity index (χ0n) is 18.4. The Hall–Kier alpha value is -3.28. The van der Waals surface area contributed by atoms with Crippen LogP contribution in [0.4, 0.5) is 0 Å². The van der Waals surface area contributed by atoms with Gasteiger partial charge in [0.15, 0.2) is 0 Å². The quantitative estimate of drug-likeness (QED) is 0.471. The number of carbonyl (C=O) groups is 2. The number of nitrogens with one attached hydrogen (secondary N) is 2. The van der Waals surface area contributed by atoms with Gasteiger partial charge in [0.2, 0.25) is 10.0 Å². The summed E-state index contributed by atoms with van der Waals surface area (Å²) in [5.41, 5.74) is 5.57. The summed E-state index contributed by atoms with van der Waals surface area (Å²) >= 11 is 1.27. The van der Waals surface area contributed by atoms with Gasteiger partial charge in [0, 0.05) is 24.0 Å². The molecule has 0 atom stereocenters. The van der Waals surface area contributed by atoms with Gasteiger partial charge in [0.1, 0.15) is 16.5 Å². The molecule has 0 saturated carbocycles. The Morgan fingerprint density at radius 1 is 1.03 bits per heavy atom. The lowest BCUT2D eigenvalue weighted by Gasteiger charge is -2.18. The van der Waals surface area contributed by atoms with E-state index < -0.39 is 21.8 Å². The van der Waals surface area contributed by atoms with Crippen molar-refractivity contribution in [1.29, 1.82) is 0 Å². The van der Waals surface area contributed by atoms with Crippen molar-refractivity contribution in [3.63, 3.8) is 0 Å². The Kier molecular flexibility index (Phi) is 7.79. The van der Waals surface area contributed by atoms with E-state index in [-0.39, 0.29) is 16.2 Å². The third-order valence-corrected chi connectivity index (χ3v) is 7.72. The molecule has 0 fully saturated rings. The van der Waals surface area contributed by atoms with E-state index in [1.54, 1.807) is 32.4 Å². The van der Waals surface area contributed by atoms with Crippen molar-refractivity contribution in [2.45, 2.75) is 18.7 Å². The fourth-order valence-electron chi connectivity index (χ4n) is 3.08. The van der Waals surface area contributed by atoms with E-state index in [0.29, 0.717) is 23.8 Å². The van der Waals surface area contributed by atoms with Gasteiger partial charge in [0.05, 0.1) is 17.6 Å². The van der Waals surface area contributed by atoms with E-state index in [4.69, 9.17) is 4.74 Å². The van der Waals surface area contributed by atoms with Gasteiger partial charge in [-0.15, -0.1) is 11.3 Å². The summed E-state index contributed by atoms with van der Waals surface area (Å²) in [6.07, 6.45) is 0. The molecule has 2 aromatic carbocycles. The van der Waals surface area contributed by atoms with Crippen molar-refractivity contribution < 1.29 is 22.7 Å². The third-order valence-electron chi connectivity index (χ3n) is 4.80. The van der Waals surface area contributed by atoms with Crippen molar-refractivity contribution in [1.82, 2.24) is 20.1 Å². The van der Waals surface area contributed by atoms with Crippen LogP contribution in [0.5, 0.6) is 5.75 Å². The van der Waals surface area contributed by atoms with Crippen LogP contribution in [0.2, 0.25) is 0 Å². The van der Waals surface area contributed by atoms with Crippen LogP contribution >= 0.6 is 11.3 Å². The molecule has 33 heavy (non-hydrogen) atoms. The summed E-state index contributed by atoms with van der Waals surface area (Å²) in [6.45, 7) is 4.11. The van der Waals surface area contributed by atoms with Crippen LogP contribution in [0.1, 0.15) is 34.7 Å². The van der Waals surface area contributed by atoms with Gasteiger partial charge in [-0.3, -0.25) is 20.4 Å². The lowest BCUT2D eigenvalue weighted by atomic mass is 10.2. The average molecular weight is 489 g/mol. The average Bonchev–Trinajstić information content (AvgIpc) is 3.33. The first-order valence-corrected chi connectivity index (χ1v) is 12.4. The summed E-state index contributed by atoms with van der Waals surface area (Å²) < 4.78 is 32.0. The number of amides is 2. The van der Waals surface area contributed by atoms with Crippen molar-refractivity contribution in [3.8, 4) is 16.3 Å². The number of benzene rings is 2. The lowest BCUT2D eigenvalue weighted by molar-refractivity contribution is 0.0844. The third kappa shape index (κ3) is 5.38. The minimum atomic E-state index is -3.71. The summed E-state index contributed by atoms with van der Waals surface area (Å²) in [5, 5.41) is 2.17. The summed E-state index contributed by atoms with van der Waals surface area (Å²) in [7, 11) is -2.16. The molecule has 3 rings (SSSR count). The highest BCUT2D eigenvalue weighted by Crippen LogP contribution is 2.31. The second kappa shape index (κ2) is 10.6. The Morgan fingerprint density at radius 3 is 2.42 bits per heavy atom. The van der Waals surface area contributed by atoms with Crippen molar-refractivity contribution in [2.75, 3.05) is 20.2 Å². The zero-order valence-corrected chi connectivity index (χ0v) is 20.0. The van der Waals surface area contributed by atoms with Gasteiger partial charge >= 0.3 is 0 Å². The fourth-order valence-corrected chi connectivity index (χ4v) is 5.42. The molecule has 174 valence electrons. The Balaban J connectivity index is 1.69. The van der Waals surface area contributed by atoms with Crippen LogP contribution in [-0.4, -0.2) is 49.7 Å². The molecule has 0 aliphatic carbocycles. The first-order valence-electron chi connectivity index (χ1n) is 10.1. The molecule has 2 amide bonds. The molecule has 9 nitrogen and oxygen atoms in total. The van der Waals surface area contributed by atoms with Crippen LogP contribution < -0.4 is 15.6 Å². The summed E-state index contributed by atoms with van der Waals surface area (Å²) in [5.74, 6) is -0.626. The van der Waals surface area contributed by atoms with E-state index in [0.717, 1.165) is 5.56 Å². The monoisotopic (exact) mass is 488 g/mol. The maximum absolute atomic E-state index is 12.7. The number of aromatic nitrogens is 1. The molecule has 1 aromatic heterocycles. The van der Waals surface area contributed by atoms with E-state index >= 15 is 0 Å². The highest BCUT2D eigenvalue weighted by molar-refractivity contribution is 7.89. The predicted octanol–water partition coefficient (Wildman–Crippen LogP) is 2.92. The minimum absolute atomic E-state index is 0.00567. The summed E-state index contributed by atoms with van der Waals surface area (Å²) in [4.78, 5) is 29.3. The topological polar surface area (TPSA) is 118 Å². The summed E-state index contributed by atoms with van der Waals surface area (Å²) in [6, 6.07) is 13.0. The van der Waals surface area contributed by atoms with E-state index in [9.17, 15) is 18.0 Å². The number of hydrogen-bond acceptors (Lipinski definition) is 7. The molecule has 0 radical (unpaired) electrons. The maximum atomic E-state index is 12.7. The van der Waals surface area contributed by atoms with Crippen molar-refractivity contribution in [2.24, 2.45) is 0 Å². The standard InChI is InChI=1S/C22H24N4O5S2/c1-4-26(5-2)33(29,30)16-10-8-9-15(13-16)20(27)24-25-21(28)18-14-32-22(23-18)17-11-6-7-12-19(17)31-3/h6-14H,4-5H2,1-3H3,(H,24,27)(H,25,28). The molecule has 0 aliphatic rings. The minimum Gasteiger partial charge on any atom is -0.496 e. The fraction of sp³-hybridized carbons (Fsp3) is 0.227. The molecule has 1 heterocycles. The molecule has 0 aliphatic heterocycles. The van der Waals surface area contributed by atoms with E-state index in [2.05, 4.69) is 15.8 Å².